The first kappa shape index (κ1) is 15.7. The van der Waals surface area contributed by atoms with Gasteiger partial charge in [0.25, 0.3) is 0 Å². The van der Waals surface area contributed by atoms with Crippen LogP contribution in [-0.4, -0.2) is 9.38 Å². The van der Waals surface area contributed by atoms with Crippen LogP contribution in [0, 0.1) is 27.4 Å². The fraction of sp³-hybridized carbons (Fsp3) is 0.178. The second-order valence-corrected chi connectivity index (χ2v) is 12.3. The van der Waals surface area contributed by atoms with Crippen molar-refractivity contribution in [2.45, 2.75) is 52.9 Å². The van der Waals surface area contributed by atoms with Gasteiger partial charge in [0.05, 0.1) is 16.6 Å². The lowest BCUT2D eigenvalue weighted by molar-refractivity contribution is 0.611. The van der Waals surface area contributed by atoms with E-state index in [-0.39, 0.29) is 90.2 Å². The zero-order valence-electron chi connectivity index (χ0n) is 43.4. The van der Waals surface area contributed by atoms with Gasteiger partial charge in [-0.15, -0.1) is 0 Å². The number of aromatic nitrogens is 2. The zero-order chi connectivity index (χ0) is 47.9. The molecule has 1 aliphatic rings. The molecule has 0 fully saturated rings. The van der Waals surface area contributed by atoms with Gasteiger partial charge in [-0.3, -0.25) is 4.40 Å². The van der Waals surface area contributed by atoms with Crippen LogP contribution in [-0.2, 0) is 11.8 Å². The molecule has 9 rings (SSSR count). The second-order valence-electron chi connectivity index (χ2n) is 12.3. The third-order valence-electron chi connectivity index (χ3n) is 9.51. The number of hydrogen-bond donors (Lipinski definition) is 0. The molecule has 234 valence electrons. The van der Waals surface area contributed by atoms with Gasteiger partial charge in [-0.05, 0) is 136 Å². The van der Waals surface area contributed by atoms with E-state index in [2.05, 4.69) is 4.98 Å². The van der Waals surface area contributed by atoms with E-state index in [1.807, 2.05) is 18.2 Å². The first-order valence-electron chi connectivity index (χ1n) is 24.4. The zero-order valence-corrected chi connectivity index (χ0v) is 25.4. The van der Waals surface area contributed by atoms with Gasteiger partial charge in [-0.1, -0.05) is 92.6 Å². The quantitative estimate of drug-likeness (QED) is 0.192. The number of aryl methyl sites for hydroxylation is 4. The Hall–Kier alpha value is -5.41. The van der Waals surface area contributed by atoms with E-state index in [0.29, 0.717) is 22.1 Å². The molecule has 0 saturated carbocycles. The molecular formula is C45H38N2O. The standard InChI is InChI=1S/C45H38N2O/c1-26-15-19-31(41-28(3)17-21-37-35(41)23-30-11-7-8-12-36(30)45(37,5)6)24-33(26)34-25-32(20-16-27(34)2)42-29(4)18-22-40-43(42)48-44-46-38-13-9-10-14-39(38)47(40)44/h7-22,24-25H,23H2,1-6H3/i1D3,2D3,3D3,4D3,5D3,6D3. The summed E-state index contributed by atoms with van der Waals surface area (Å²) in [5.41, 5.74) is -1.71. The minimum Gasteiger partial charge on any atom is -0.422 e. The normalized spacial score (nSPS) is 20.8. The number of oxazole rings is 1. The molecule has 0 atom stereocenters. The van der Waals surface area contributed by atoms with Crippen LogP contribution in [0.3, 0.4) is 0 Å². The Bertz CT molecular complexity index is 3250. The summed E-state index contributed by atoms with van der Waals surface area (Å²) in [5.74, 6) is 0.159. The van der Waals surface area contributed by atoms with Crippen molar-refractivity contribution in [1.29, 1.82) is 0 Å². The van der Waals surface area contributed by atoms with Gasteiger partial charge in [0.1, 0.15) is 0 Å². The van der Waals surface area contributed by atoms with Crippen molar-refractivity contribution in [2.75, 3.05) is 0 Å². The van der Waals surface area contributed by atoms with Crippen LogP contribution in [0.4, 0.5) is 0 Å². The molecule has 1 aliphatic carbocycles. The molecule has 2 aromatic heterocycles. The Morgan fingerprint density at radius 3 is 2.08 bits per heavy atom. The number of imidazole rings is 1. The molecule has 0 bridgehead atoms. The highest BCUT2D eigenvalue weighted by molar-refractivity contribution is 5.98. The maximum atomic E-state index is 8.82. The summed E-state index contributed by atoms with van der Waals surface area (Å²) < 4.78 is 165. The van der Waals surface area contributed by atoms with E-state index in [1.54, 1.807) is 28.7 Å². The molecule has 0 aliphatic heterocycles. The number of fused-ring (bicyclic) bond motifs is 7. The summed E-state index contributed by atoms with van der Waals surface area (Å²) in [4.78, 5) is 4.59. The predicted molar refractivity (Wildman–Crippen MR) is 199 cm³/mol. The summed E-state index contributed by atoms with van der Waals surface area (Å²) in [6.07, 6.45) is -0.102. The predicted octanol–water partition coefficient (Wildman–Crippen LogP) is 11.7. The van der Waals surface area contributed by atoms with Gasteiger partial charge in [0.15, 0.2) is 5.58 Å². The lowest BCUT2D eigenvalue weighted by Crippen LogP contribution is -2.27. The SMILES string of the molecule is [2H]C([2H])([2H])c1ccc(-c2c(C([2H])([2H])[2H])ccc3c2Cc2ccccc2C3(C([2H])([2H])[2H])C([2H])([2H])[2H])cc1-c1cc(-c2c(C([2H])([2H])[2H])ccc3c2oc2nc4ccccc4n23)ccc1C([2H])([2H])[2H]. The smallest absolute Gasteiger partial charge is 0.307 e. The van der Waals surface area contributed by atoms with Crippen molar-refractivity contribution < 1.29 is 29.1 Å². The third-order valence-corrected chi connectivity index (χ3v) is 9.51. The molecule has 48 heavy (non-hydrogen) atoms. The van der Waals surface area contributed by atoms with Crippen molar-refractivity contribution in [3.8, 4) is 33.4 Å². The minimum absolute atomic E-state index is 0.0344. The molecule has 3 heteroatoms. The number of hydrogen-bond acceptors (Lipinski definition) is 2. The summed E-state index contributed by atoms with van der Waals surface area (Å²) >= 11 is 0. The Labute approximate surface area is 306 Å². The van der Waals surface area contributed by atoms with Crippen molar-refractivity contribution in [3.63, 3.8) is 0 Å². The molecule has 0 radical (unpaired) electrons. The van der Waals surface area contributed by atoms with Crippen LogP contribution in [0.5, 0.6) is 0 Å². The molecule has 0 amide bonds. The second kappa shape index (κ2) is 10.3. The molecule has 2 heterocycles. The van der Waals surface area contributed by atoms with Gasteiger partial charge in [0, 0.05) is 35.7 Å². The lowest BCUT2D eigenvalue weighted by atomic mass is 9.67. The highest BCUT2D eigenvalue weighted by Gasteiger charge is 2.34. The van der Waals surface area contributed by atoms with Crippen LogP contribution in [0.1, 0.15) is 82.9 Å². The molecule has 3 nitrogen and oxygen atoms in total. The Kier molecular flexibility index (Phi) is 3.36. The van der Waals surface area contributed by atoms with Crippen LogP contribution < -0.4 is 0 Å². The van der Waals surface area contributed by atoms with E-state index in [0.717, 1.165) is 0 Å². The average Bonchev–Trinajstić information content (AvgIpc) is 3.75. The fourth-order valence-corrected chi connectivity index (χ4v) is 7.27. The van der Waals surface area contributed by atoms with Gasteiger partial charge >= 0.3 is 5.84 Å². The van der Waals surface area contributed by atoms with Gasteiger partial charge in [0.2, 0.25) is 0 Å². The number of rotatable bonds is 3. The van der Waals surface area contributed by atoms with Crippen LogP contribution in [0.15, 0.2) is 114 Å². The molecule has 6 aromatic carbocycles. The third kappa shape index (κ3) is 4.10. The summed E-state index contributed by atoms with van der Waals surface area (Å²) in [7, 11) is 0. The largest absolute Gasteiger partial charge is 0.422 e. The monoisotopic (exact) mass is 640 g/mol. The Balaban J connectivity index is 1.38. The van der Waals surface area contributed by atoms with Crippen molar-refractivity contribution >= 4 is 28.0 Å². The van der Waals surface area contributed by atoms with Crippen molar-refractivity contribution in [3.05, 3.63) is 154 Å². The van der Waals surface area contributed by atoms with Crippen molar-refractivity contribution in [1.82, 2.24) is 9.38 Å². The van der Waals surface area contributed by atoms with Crippen molar-refractivity contribution in [2.24, 2.45) is 0 Å². The molecule has 0 N–H and O–H groups in total. The number of nitrogens with zero attached hydrogens (tertiary/aromatic N) is 2. The maximum absolute atomic E-state index is 8.82. The highest BCUT2D eigenvalue weighted by Crippen LogP contribution is 2.46. The molecule has 0 unspecified atom stereocenters. The highest BCUT2D eigenvalue weighted by atomic mass is 16.4. The van der Waals surface area contributed by atoms with Crippen LogP contribution in [0.25, 0.3) is 61.4 Å². The number of para-hydroxylation sites is 2. The van der Waals surface area contributed by atoms with Gasteiger partial charge < -0.3 is 4.42 Å². The lowest BCUT2D eigenvalue weighted by Gasteiger charge is -2.37. The Morgan fingerprint density at radius 2 is 1.31 bits per heavy atom. The van der Waals surface area contributed by atoms with Gasteiger partial charge in [-0.2, -0.15) is 4.98 Å². The fourth-order valence-electron chi connectivity index (χ4n) is 7.27. The van der Waals surface area contributed by atoms with Crippen LogP contribution >= 0.6 is 0 Å². The summed E-state index contributed by atoms with van der Waals surface area (Å²) in [5, 5.41) is 0. The van der Waals surface area contributed by atoms with E-state index < -0.39 is 46.5 Å². The first-order chi connectivity index (χ1) is 30.5. The van der Waals surface area contributed by atoms with E-state index in [9.17, 15) is 0 Å². The van der Waals surface area contributed by atoms with E-state index in [4.69, 9.17) is 29.1 Å². The van der Waals surface area contributed by atoms with E-state index in [1.165, 1.54) is 66.7 Å². The first-order valence-corrected chi connectivity index (χ1v) is 15.4. The van der Waals surface area contributed by atoms with E-state index >= 15 is 0 Å². The Morgan fingerprint density at radius 1 is 0.646 bits per heavy atom. The molecule has 0 spiro atoms. The summed E-state index contributed by atoms with van der Waals surface area (Å²) in [6.45, 7) is -17.8. The van der Waals surface area contributed by atoms with Gasteiger partial charge in [-0.25, -0.2) is 0 Å². The average molecular weight is 641 g/mol. The van der Waals surface area contributed by atoms with Crippen LogP contribution in [0.2, 0.25) is 0 Å². The topological polar surface area (TPSA) is 30.4 Å². The molecule has 8 aromatic rings. The maximum Gasteiger partial charge on any atom is 0.307 e. The molecule has 0 saturated heterocycles. The summed E-state index contributed by atoms with van der Waals surface area (Å²) in [6, 6.07) is 26.8. The minimum atomic E-state index is -3.20. The molecular weight excluding hydrogens is 585 g/mol. The number of benzene rings is 6.